The van der Waals surface area contributed by atoms with Gasteiger partial charge in [0.25, 0.3) is 11.8 Å². The van der Waals surface area contributed by atoms with Crippen molar-refractivity contribution in [3.05, 3.63) is 33.9 Å². The molecular formula is C20H30ClN5O4. The summed E-state index contributed by atoms with van der Waals surface area (Å²) in [6.07, 6.45) is 2.84. The van der Waals surface area contributed by atoms with E-state index in [2.05, 4.69) is 21.3 Å². The fourth-order valence-corrected chi connectivity index (χ4v) is 3.33. The second-order valence-electron chi connectivity index (χ2n) is 7.16. The highest BCUT2D eigenvalue weighted by molar-refractivity contribution is 6.39. The Kier molecular flexibility index (Phi) is 9.91. The molecule has 0 saturated heterocycles. The van der Waals surface area contributed by atoms with E-state index in [-0.39, 0.29) is 24.0 Å². The maximum absolute atomic E-state index is 12.3. The molecule has 0 aromatic rings. The molecule has 10 heteroatoms. The van der Waals surface area contributed by atoms with Crippen LogP contribution in [0.3, 0.4) is 0 Å². The minimum Gasteiger partial charge on any atom is -0.386 e. The summed E-state index contributed by atoms with van der Waals surface area (Å²) < 4.78 is 0. The minimum absolute atomic E-state index is 0.00503. The van der Waals surface area contributed by atoms with Crippen molar-refractivity contribution >= 4 is 35.5 Å². The molecule has 0 bridgehead atoms. The summed E-state index contributed by atoms with van der Waals surface area (Å²) in [5.41, 5.74) is 6.87. The zero-order valence-electron chi connectivity index (χ0n) is 18.1. The number of carbonyl (C=O) groups excluding carboxylic acids is 3. The van der Waals surface area contributed by atoms with Gasteiger partial charge in [-0.15, -0.1) is 0 Å². The molecule has 0 spiro atoms. The Morgan fingerprint density at radius 2 is 2.07 bits per heavy atom. The zero-order chi connectivity index (χ0) is 23.0. The van der Waals surface area contributed by atoms with Crippen LogP contribution in [0.4, 0.5) is 0 Å². The SMILES string of the molecule is CNC(=O)/C(C/C=C(C)\C(=C(/C)Cl)C(O)C1C=C(C(C)C)C(=O)N(C)N1)=N\NC=O. The lowest BCUT2D eigenvalue weighted by Gasteiger charge is -2.35. The number of hydrazone groups is 1. The topological polar surface area (TPSA) is 123 Å². The van der Waals surface area contributed by atoms with Gasteiger partial charge in [0.2, 0.25) is 6.41 Å². The lowest BCUT2D eigenvalue weighted by Crippen LogP contribution is -2.54. The van der Waals surface area contributed by atoms with Crippen LogP contribution in [0.25, 0.3) is 0 Å². The highest BCUT2D eigenvalue weighted by Crippen LogP contribution is 2.27. The summed E-state index contributed by atoms with van der Waals surface area (Å²) in [4.78, 5) is 34.7. The Morgan fingerprint density at radius 1 is 1.43 bits per heavy atom. The fraction of sp³-hybridized carbons (Fsp3) is 0.500. The Bertz CT molecular complexity index is 797. The lowest BCUT2D eigenvalue weighted by atomic mass is 9.90. The van der Waals surface area contributed by atoms with Crippen molar-refractivity contribution in [2.45, 2.75) is 46.3 Å². The summed E-state index contributed by atoms with van der Waals surface area (Å²) in [5.74, 6) is -0.599. The van der Waals surface area contributed by atoms with Gasteiger partial charge in [0, 0.05) is 31.1 Å². The number of aliphatic hydroxyl groups excluding tert-OH is 1. The van der Waals surface area contributed by atoms with E-state index in [1.54, 1.807) is 33.0 Å². The maximum atomic E-state index is 12.3. The van der Waals surface area contributed by atoms with Gasteiger partial charge in [-0.05, 0) is 30.9 Å². The number of nitrogens with zero attached hydrogens (tertiary/aromatic N) is 2. The molecule has 1 rings (SSSR count). The first-order valence-electron chi connectivity index (χ1n) is 9.50. The number of carbonyl (C=O) groups is 3. The van der Waals surface area contributed by atoms with Crippen LogP contribution in [-0.2, 0) is 14.4 Å². The molecule has 0 aromatic heterocycles. The normalized spacial score (nSPS) is 19.9. The van der Waals surface area contributed by atoms with E-state index in [4.69, 9.17) is 11.6 Å². The minimum atomic E-state index is -1.04. The molecule has 1 heterocycles. The van der Waals surface area contributed by atoms with E-state index in [1.165, 1.54) is 12.1 Å². The summed E-state index contributed by atoms with van der Waals surface area (Å²) >= 11 is 6.29. The van der Waals surface area contributed by atoms with Gasteiger partial charge in [-0.1, -0.05) is 37.6 Å². The number of hydrazine groups is 1. The average Bonchev–Trinajstić information content (AvgIpc) is 2.68. The van der Waals surface area contributed by atoms with Crippen molar-refractivity contribution in [1.82, 2.24) is 21.2 Å². The van der Waals surface area contributed by atoms with E-state index in [1.807, 2.05) is 13.8 Å². The maximum Gasteiger partial charge on any atom is 0.267 e. The standard InChI is InChI=1S/C20H30ClN5O4/c1-11(2)14-9-16(25-26(6)20(14)30)18(28)17(13(4)21)12(3)7-8-15(19(29)22-5)24-23-10-27/h7,9-11,16,18,25,28H,8H2,1-6H3,(H,22,29)(H,23,27)/b12-7-,17-13-,24-15-. The highest BCUT2D eigenvalue weighted by Gasteiger charge is 2.32. The molecule has 0 aromatic carbocycles. The Balaban J connectivity index is 3.21. The van der Waals surface area contributed by atoms with Crippen molar-refractivity contribution in [2.75, 3.05) is 14.1 Å². The predicted octanol–water partition coefficient (Wildman–Crippen LogP) is 0.972. The first-order valence-corrected chi connectivity index (χ1v) is 9.88. The van der Waals surface area contributed by atoms with Crippen LogP contribution in [0.5, 0.6) is 0 Å². The first kappa shape index (κ1) is 25.5. The number of likely N-dealkylation sites (N-methyl/N-ethyl adjacent to an activating group) is 1. The Morgan fingerprint density at radius 3 is 2.57 bits per heavy atom. The fourth-order valence-electron chi connectivity index (χ4n) is 3.06. The number of allylic oxidation sites excluding steroid dienone is 2. The molecule has 9 nitrogen and oxygen atoms in total. The van der Waals surface area contributed by atoms with E-state index in [0.717, 1.165) is 0 Å². The van der Waals surface area contributed by atoms with Crippen LogP contribution in [0, 0.1) is 5.92 Å². The summed E-state index contributed by atoms with van der Waals surface area (Å²) in [5, 5.41) is 19.0. The van der Waals surface area contributed by atoms with Crippen molar-refractivity contribution in [1.29, 1.82) is 0 Å². The average molecular weight is 440 g/mol. The molecule has 1 aliphatic heterocycles. The number of nitrogens with one attached hydrogen (secondary N) is 3. The molecule has 0 aliphatic carbocycles. The third kappa shape index (κ3) is 6.51. The van der Waals surface area contributed by atoms with Crippen molar-refractivity contribution in [3.63, 3.8) is 0 Å². The molecule has 2 atom stereocenters. The van der Waals surface area contributed by atoms with Crippen LogP contribution >= 0.6 is 11.6 Å². The monoisotopic (exact) mass is 439 g/mol. The molecule has 0 saturated carbocycles. The quantitative estimate of drug-likeness (QED) is 0.184. The highest BCUT2D eigenvalue weighted by atomic mass is 35.5. The number of hydrogen-bond acceptors (Lipinski definition) is 6. The molecule has 1 aliphatic rings. The number of aliphatic hydroxyl groups is 1. The van der Waals surface area contributed by atoms with Gasteiger partial charge in [-0.2, -0.15) is 5.10 Å². The van der Waals surface area contributed by atoms with Crippen LogP contribution in [0.1, 0.15) is 34.1 Å². The molecule has 2 unspecified atom stereocenters. The lowest BCUT2D eigenvalue weighted by molar-refractivity contribution is -0.131. The molecule has 3 amide bonds. The van der Waals surface area contributed by atoms with E-state index in [0.29, 0.717) is 28.2 Å². The number of halogens is 1. The van der Waals surface area contributed by atoms with Gasteiger partial charge in [-0.3, -0.25) is 19.4 Å². The van der Waals surface area contributed by atoms with Gasteiger partial charge in [0.1, 0.15) is 11.8 Å². The van der Waals surface area contributed by atoms with Gasteiger partial charge in [0.05, 0.1) is 6.04 Å². The zero-order valence-corrected chi connectivity index (χ0v) is 18.9. The second-order valence-corrected chi connectivity index (χ2v) is 7.73. The first-order chi connectivity index (χ1) is 14.0. The Labute approximate surface area is 181 Å². The summed E-state index contributed by atoms with van der Waals surface area (Å²) in [6, 6.07) is -0.569. The predicted molar refractivity (Wildman–Crippen MR) is 116 cm³/mol. The molecular weight excluding hydrogens is 410 g/mol. The Hall–Kier alpha value is -2.49. The molecule has 0 radical (unpaired) electrons. The van der Waals surface area contributed by atoms with Gasteiger partial charge in [-0.25, -0.2) is 10.9 Å². The number of amides is 3. The van der Waals surface area contributed by atoms with Crippen molar-refractivity contribution in [2.24, 2.45) is 11.0 Å². The van der Waals surface area contributed by atoms with E-state index in [9.17, 15) is 19.5 Å². The van der Waals surface area contributed by atoms with Crippen LogP contribution in [0.2, 0.25) is 0 Å². The van der Waals surface area contributed by atoms with Crippen molar-refractivity contribution < 1.29 is 19.5 Å². The van der Waals surface area contributed by atoms with E-state index < -0.39 is 18.1 Å². The molecule has 30 heavy (non-hydrogen) atoms. The largest absolute Gasteiger partial charge is 0.386 e. The number of rotatable bonds is 9. The number of hydrogen-bond donors (Lipinski definition) is 4. The molecule has 0 fully saturated rings. The molecule has 166 valence electrons. The third-order valence-corrected chi connectivity index (χ3v) is 4.85. The van der Waals surface area contributed by atoms with Crippen LogP contribution in [0.15, 0.2) is 39.0 Å². The van der Waals surface area contributed by atoms with E-state index >= 15 is 0 Å². The van der Waals surface area contributed by atoms with Gasteiger partial charge in [0.15, 0.2) is 0 Å². The summed E-state index contributed by atoms with van der Waals surface area (Å²) in [7, 11) is 3.06. The molecule has 4 N–H and O–H groups in total. The van der Waals surface area contributed by atoms with Gasteiger partial charge < -0.3 is 10.4 Å². The second kappa shape index (κ2) is 11.6. The smallest absolute Gasteiger partial charge is 0.267 e. The van der Waals surface area contributed by atoms with Gasteiger partial charge >= 0.3 is 0 Å². The van der Waals surface area contributed by atoms with Crippen molar-refractivity contribution in [3.8, 4) is 0 Å². The van der Waals surface area contributed by atoms with Crippen LogP contribution < -0.4 is 16.2 Å². The summed E-state index contributed by atoms with van der Waals surface area (Å²) in [6.45, 7) is 7.23. The third-order valence-electron chi connectivity index (χ3n) is 4.65. The van der Waals surface area contributed by atoms with Crippen LogP contribution in [-0.4, -0.2) is 60.3 Å².